The molecule has 0 atom stereocenters. The summed E-state index contributed by atoms with van der Waals surface area (Å²) in [6, 6.07) is 0. The molecule has 1 aromatic rings. The largest absolute Gasteiger partial charge is 0.504 e. The molecule has 0 aliphatic carbocycles. The van der Waals surface area contributed by atoms with E-state index in [9.17, 15) is 10.2 Å². The normalized spacial score (nSPS) is 11.1. The first-order valence-corrected chi connectivity index (χ1v) is 9.20. The van der Waals surface area contributed by atoms with E-state index in [4.69, 9.17) is 23.2 Å². The minimum atomic E-state index is -0.283. The predicted octanol–water partition coefficient (Wildman–Crippen LogP) is 6.65. The molecule has 126 valence electrons. The van der Waals surface area contributed by atoms with Crippen molar-refractivity contribution in [3.8, 4) is 11.5 Å². The van der Waals surface area contributed by atoms with E-state index in [2.05, 4.69) is 13.8 Å². The molecule has 0 radical (unpaired) electrons. The number of benzene rings is 1. The van der Waals surface area contributed by atoms with Gasteiger partial charge < -0.3 is 10.2 Å². The first-order chi connectivity index (χ1) is 10.5. The molecule has 0 unspecified atom stereocenters. The van der Waals surface area contributed by atoms with E-state index in [0.29, 0.717) is 5.02 Å². The Bertz CT molecular complexity index is 430. The van der Waals surface area contributed by atoms with Gasteiger partial charge in [0.05, 0.1) is 5.02 Å². The van der Waals surface area contributed by atoms with Gasteiger partial charge in [-0.25, -0.2) is 0 Å². The van der Waals surface area contributed by atoms with Crippen LogP contribution in [0.5, 0.6) is 11.5 Å². The second-order valence-electron chi connectivity index (χ2n) is 5.90. The fourth-order valence-electron chi connectivity index (χ4n) is 2.75. The molecule has 22 heavy (non-hydrogen) atoms. The summed E-state index contributed by atoms with van der Waals surface area (Å²) in [7, 11) is 0. The lowest BCUT2D eigenvalue weighted by molar-refractivity contribution is 0.398. The third kappa shape index (κ3) is 5.24. The molecule has 0 heterocycles. The zero-order valence-corrected chi connectivity index (χ0v) is 15.2. The molecule has 0 saturated heterocycles. The summed E-state index contributed by atoms with van der Waals surface area (Å²) in [5.41, 5.74) is 1.69. The van der Waals surface area contributed by atoms with Gasteiger partial charge in [-0.05, 0) is 31.2 Å². The van der Waals surface area contributed by atoms with E-state index in [1.165, 1.54) is 25.7 Å². The van der Waals surface area contributed by atoms with E-state index in [1.54, 1.807) is 0 Å². The molecule has 1 rings (SSSR count). The van der Waals surface area contributed by atoms with Gasteiger partial charge in [0.25, 0.3) is 0 Å². The Kier molecular flexibility index (Phi) is 9.04. The predicted molar refractivity (Wildman–Crippen MR) is 95.5 cm³/mol. The van der Waals surface area contributed by atoms with Crippen molar-refractivity contribution in [2.24, 2.45) is 0 Å². The van der Waals surface area contributed by atoms with Crippen molar-refractivity contribution in [3.63, 3.8) is 0 Å². The number of hydrogen-bond donors (Lipinski definition) is 2. The average molecular weight is 347 g/mol. The SMILES string of the molecule is CCCCCCc1c(O)c(O)c(Cl)c(Cl)c1CCCCCC. The lowest BCUT2D eigenvalue weighted by atomic mass is 9.95. The Balaban J connectivity index is 2.93. The summed E-state index contributed by atoms with van der Waals surface area (Å²) in [4.78, 5) is 0. The van der Waals surface area contributed by atoms with Crippen LogP contribution in [0.25, 0.3) is 0 Å². The van der Waals surface area contributed by atoms with Crippen molar-refractivity contribution in [1.82, 2.24) is 0 Å². The van der Waals surface area contributed by atoms with E-state index < -0.39 is 0 Å². The number of hydrogen-bond acceptors (Lipinski definition) is 2. The van der Waals surface area contributed by atoms with Gasteiger partial charge in [-0.2, -0.15) is 0 Å². The number of phenols is 2. The van der Waals surface area contributed by atoms with Crippen LogP contribution in [-0.4, -0.2) is 10.2 Å². The van der Waals surface area contributed by atoms with Gasteiger partial charge in [0.1, 0.15) is 5.02 Å². The van der Waals surface area contributed by atoms with Crippen LogP contribution in [-0.2, 0) is 12.8 Å². The number of halogens is 2. The second-order valence-corrected chi connectivity index (χ2v) is 6.66. The Labute approximate surface area is 144 Å². The maximum atomic E-state index is 10.2. The third-order valence-electron chi connectivity index (χ3n) is 4.10. The van der Waals surface area contributed by atoms with Crippen LogP contribution in [0.3, 0.4) is 0 Å². The van der Waals surface area contributed by atoms with Gasteiger partial charge in [0, 0.05) is 5.56 Å². The summed E-state index contributed by atoms with van der Waals surface area (Å²) in [5.74, 6) is -0.370. The van der Waals surface area contributed by atoms with Gasteiger partial charge in [0.15, 0.2) is 11.5 Å². The Morgan fingerprint density at radius 1 is 0.636 bits per heavy atom. The second kappa shape index (κ2) is 10.2. The van der Waals surface area contributed by atoms with Crippen molar-refractivity contribution < 1.29 is 10.2 Å². The van der Waals surface area contributed by atoms with Gasteiger partial charge in [0.2, 0.25) is 0 Å². The van der Waals surface area contributed by atoms with Gasteiger partial charge in [-0.1, -0.05) is 75.6 Å². The fraction of sp³-hybridized carbons (Fsp3) is 0.667. The molecule has 0 aromatic heterocycles. The molecule has 0 aliphatic rings. The lowest BCUT2D eigenvalue weighted by Gasteiger charge is -2.16. The van der Waals surface area contributed by atoms with Crippen LogP contribution in [0.4, 0.5) is 0 Å². The highest BCUT2D eigenvalue weighted by molar-refractivity contribution is 6.43. The molecule has 1 aromatic carbocycles. The van der Waals surface area contributed by atoms with Crippen molar-refractivity contribution >= 4 is 23.2 Å². The van der Waals surface area contributed by atoms with Crippen LogP contribution in [0.1, 0.15) is 76.3 Å². The van der Waals surface area contributed by atoms with Crippen LogP contribution >= 0.6 is 23.2 Å². The van der Waals surface area contributed by atoms with Crippen LogP contribution in [0, 0.1) is 0 Å². The Hall–Kier alpha value is -0.600. The third-order valence-corrected chi connectivity index (χ3v) is 4.98. The molecule has 2 N–H and O–H groups in total. The zero-order chi connectivity index (χ0) is 16.5. The van der Waals surface area contributed by atoms with Gasteiger partial charge in [-0.3, -0.25) is 0 Å². The highest BCUT2D eigenvalue weighted by Crippen LogP contribution is 2.45. The monoisotopic (exact) mass is 346 g/mol. The Morgan fingerprint density at radius 3 is 1.64 bits per heavy atom. The highest BCUT2D eigenvalue weighted by atomic mass is 35.5. The maximum absolute atomic E-state index is 10.2. The number of phenolic OH excluding ortho intramolecular Hbond substituents is 2. The first kappa shape index (κ1) is 19.4. The molecule has 0 bridgehead atoms. The van der Waals surface area contributed by atoms with Crippen molar-refractivity contribution in [2.75, 3.05) is 0 Å². The smallest absolute Gasteiger partial charge is 0.178 e. The highest BCUT2D eigenvalue weighted by Gasteiger charge is 2.20. The molecular formula is C18H28Cl2O2. The van der Waals surface area contributed by atoms with E-state index >= 15 is 0 Å². The molecule has 0 spiro atoms. The number of aromatic hydroxyl groups is 2. The van der Waals surface area contributed by atoms with Crippen molar-refractivity contribution in [2.45, 2.75) is 78.1 Å². The van der Waals surface area contributed by atoms with Crippen LogP contribution < -0.4 is 0 Å². The number of rotatable bonds is 10. The van der Waals surface area contributed by atoms with E-state index in [-0.39, 0.29) is 16.5 Å². The fourth-order valence-corrected chi connectivity index (χ4v) is 3.25. The van der Waals surface area contributed by atoms with Crippen LogP contribution in [0.2, 0.25) is 10.0 Å². The molecule has 0 amide bonds. The molecule has 0 fully saturated rings. The molecule has 2 nitrogen and oxygen atoms in total. The van der Waals surface area contributed by atoms with E-state index in [0.717, 1.165) is 49.7 Å². The Morgan fingerprint density at radius 2 is 1.14 bits per heavy atom. The minimum absolute atomic E-state index is 0.0713. The maximum Gasteiger partial charge on any atom is 0.178 e. The summed E-state index contributed by atoms with van der Waals surface area (Å²) in [5, 5.41) is 20.7. The van der Waals surface area contributed by atoms with Crippen LogP contribution in [0.15, 0.2) is 0 Å². The summed E-state index contributed by atoms with van der Waals surface area (Å²) >= 11 is 12.4. The van der Waals surface area contributed by atoms with Crippen molar-refractivity contribution in [1.29, 1.82) is 0 Å². The standard InChI is InChI=1S/C18H28Cl2O2/c1-3-5-7-9-11-13-14(12-10-8-6-4-2)17(21)18(22)16(20)15(13)19/h21-22H,3-12H2,1-2H3. The molecular weight excluding hydrogens is 319 g/mol. The average Bonchev–Trinajstić information content (AvgIpc) is 2.52. The summed E-state index contributed by atoms with van der Waals surface area (Å²) < 4.78 is 0. The molecule has 0 saturated carbocycles. The quantitative estimate of drug-likeness (QED) is 0.367. The molecule has 0 aliphatic heterocycles. The first-order valence-electron chi connectivity index (χ1n) is 8.45. The van der Waals surface area contributed by atoms with Gasteiger partial charge >= 0.3 is 0 Å². The molecule has 4 heteroatoms. The topological polar surface area (TPSA) is 40.5 Å². The lowest BCUT2D eigenvalue weighted by Crippen LogP contribution is -1.99. The zero-order valence-electron chi connectivity index (χ0n) is 13.7. The van der Waals surface area contributed by atoms with Crippen molar-refractivity contribution in [3.05, 3.63) is 21.2 Å². The number of unbranched alkanes of at least 4 members (excludes halogenated alkanes) is 6. The summed E-state index contributed by atoms with van der Waals surface area (Å²) in [6.07, 6.45) is 10.5. The van der Waals surface area contributed by atoms with E-state index in [1.807, 2.05) is 0 Å². The van der Waals surface area contributed by atoms with Gasteiger partial charge in [-0.15, -0.1) is 0 Å². The summed E-state index contributed by atoms with van der Waals surface area (Å²) in [6.45, 7) is 4.34. The minimum Gasteiger partial charge on any atom is -0.504 e.